The number of alkyl halides is 3. The molecule has 4 nitrogen and oxygen atoms in total. The summed E-state index contributed by atoms with van der Waals surface area (Å²) in [4.78, 5) is 0. The Bertz CT molecular complexity index is 325. The van der Waals surface area contributed by atoms with Crippen molar-refractivity contribution in [1.29, 1.82) is 0 Å². The molecule has 0 saturated heterocycles. The normalized spacial score (nSPS) is 14.1. The Hall–Kier alpha value is -1.08. The predicted octanol–water partition coefficient (Wildman–Crippen LogP) is 1.42. The second-order valence-corrected chi connectivity index (χ2v) is 3.42. The van der Waals surface area contributed by atoms with Crippen molar-refractivity contribution in [2.24, 2.45) is 7.05 Å². The van der Waals surface area contributed by atoms with E-state index in [0.29, 0.717) is 5.56 Å². The molecule has 0 bridgehead atoms. The highest BCUT2D eigenvalue weighted by molar-refractivity contribution is 5.07. The van der Waals surface area contributed by atoms with Gasteiger partial charge in [-0.05, 0) is 0 Å². The minimum atomic E-state index is -4.32. The Labute approximate surface area is 90.6 Å². The molecule has 0 aromatic carbocycles. The van der Waals surface area contributed by atoms with E-state index >= 15 is 0 Å². The molecule has 1 atom stereocenters. The molecular weight excluding hydrogens is 225 g/mol. The van der Waals surface area contributed by atoms with Crippen molar-refractivity contribution in [1.82, 2.24) is 9.78 Å². The number of hydrogen-bond donors (Lipinski definition) is 1. The van der Waals surface area contributed by atoms with Gasteiger partial charge in [-0.3, -0.25) is 4.68 Å². The van der Waals surface area contributed by atoms with Crippen LogP contribution in [0.5, 0.6) is 0 Å². The van der Waals surface area contributed by atoms with Gasteiger partial charge in [0.1, 0.15) is 6.61 Å². The maximum absolute atomic E-state index is 11.7. The summed E-state index contributed by atoms with van der Waals surface area (Å²) in [5.74, 6) is 0. The number of ether oxygens (including phenoxy) is 1. The Morgan fingerprint density at radius 3 is 2.75 bits per heavy atom. The van der Waals surface area contributed by atoms with Crippen LogP contribution in [-0.2, 0) is 11.8 Å². The zero-order valence-electron chi connectivity index (χ0n) is 8.74. The summed E-state index contributed by atoms with van der Waals surface area (Å²) >= 11 is 0. The smallest absolute Gasteiger partial charge is 0.388 e. The lowest BCUT2D eigenvalue weighted by atomic mass is 10.1. The summed E-state index contributed by atoms with van der Waals surface area (Å²) in [6.45, 7) is -1.43. The molecule has 0 aliphatic heterocycles. The van der Waals surface area contributed by atoms with Gasteiger partial charge in [0.2, 0.25) is 0 Å². The van der Waals surface area contributed by atoms with Gasteiger partial charge in [0, 0.05) is 31.8 Å². The van der Waals surface area contributed by atoms with Crippen LogP contribution in [0.25, 0.3) is 0 Å². The number of aliphatic hydroxyl groups excluding tert-OH is 1. The van der Waals surface area contributed by atoms with Crippen molar-refractivity contribution >= 4 is 0 Å². The molecule has 1 aromatic rings. The standard InChI is InChI=1S/C9H13F3N2O2/c1-14-5-7(4-13-14)8(15)2-3-16-6-9(10,11)12/h4-5,8,15H,2-3,6H2,1H3. The lowest BCUT2D eigenvalue weighted by molar-refractivity contribution is -0.175. The van der Waals surface area contributed by atoms with Crippen LogP contribution in [-0.4, -0.2) is 34.3 Å². The van der Waals surface area contributed by atoms with Gasteiger partial charge in [-0.15, -0.1) is 0 Å². The summed E-state index contributed by atoms with van der Waals surface area (Å²) in [6.07, 6.45) is -1.98. The van der Waals surface area contributed by atoms with E-state index in [4.69, 9.17) is 0 Å². The molecule has 1 rings (SSSR count). The minimum Gasteiger partial charge on any atom is -0.388 e. The Balaban J connectivity index is 2.23. The van der Waals surface area contributed by atoms with Crippen molar-refractivity contribution < 1.29 is 23.0 Å². The number of aryl methyl sites for hydroxylation is 1. The van der Waals surface area contributed by atoms with Crippen LogP contribution < -0.4 is 0 Å². The third-order valence-corrected chi connectivity index (χ3v) is 1.91. The maximum atomic E-state index is 11.7. The molecule has 0 radical (unpaired) electrons. The van der Waals surface area contributed by atoms with E-state index in [1.54, 1.807) is 13.2 Å². The van der Waals surface area contributed by atoms with Crippen molar-refractivity contribution in [3.8, 4) is 0 Å². The van der Waals surface area contributed by atoms with Gasteiger partial charge in [0.15, 0.2) is 0 Å². The molecule has 0 aliphatic carbocycles. The molecule has 0 spiro atoms. The van der Waals surface area contributed by atoms with Gasteiger partial charge in [0.05, 0.1) is 12.3 Å². The lowest BCUT2D eigenvalue weighted by Gasteiger charge is -2.10. The molecule has 0 fully saturated rings. The van der Waals surface area contributed by atoms with Crippen LogP contribution in [0.1, 0.15) is 18.1 Å². The summed E-state index contributed by atoms with van der Waals surface area (Å²) in [5, 5.41) is 13.4. The van der Waals surface area contributed by atoms with Crippen LogP contribution in [0.2, 0.25) is 0 Å². The number of rotatable bonds is 5. The average molecular weight is 238 g/mol. The van der Waals surface area contributed by atoms with E-state index in [9.17, 15) is 18.3 Å². The first-order chi connectivity index (χ1) is 7.38. The first kappa shape index (κ1) is 13.0. The zero-order chi connectivity index (χ0) is 12.2. The third-order valence-electron chi connectivity index (χ3n) is 1.91. The summed E-state index contributed by atoms with van der Waals surface area (Å²) in [5.41, 5.74) is 0.568. The number of aromatic nitrogens is 2. The van der Waals surface area contributed by atoms with Crippen LogP contribution in [0, 0.1) is 0 Å². The lowest BCUT2D eigenvalue weighted by Crippen LogP contribution is -2.18. The molecule has 1 unspecified atom stereocenters. The van der Waals surface area contributed by atoms with Crippen molar-refractivity contribution in [2.75, 3.05) is 13.2 Å². The maximum Gasteiger partial charge on any atom is 0.411 e. The highest BCUT2D eigenvalue weighted by Gasteiger charge is 2.27. The summed E-state index contributed by atoms with van der Waals surface area (Å²) < 4.78 is 41.0. The first-order valence-electron chi connectivity index (χ1n) is 4.69. The average Bonchev–Trinajstić information content (AvgIpc) is 2.57. The molecule has 0 saturated carbocycles. The fourth-order valence-corrected chi connectivity index (χ4v) is 1.16. The van der Waals surface area contributed by atoms with Crippen molar-refractivity contribution in [2.45, 2.75) is 18.7 Å². The SMILES string of the molecule is Cn1cc(C(O)CCOCC(F)(F)F)cn1. The van der Waals surface area contributed by atoms with E-state index in [2.05, 4.69) is 9.84 Å². The van der Waals surface area contributed by atoms with Gasteiger partial charge >= 0.3 is 6.18 Å². The monoisotopic (exact) mass is 238 g/mol. The zero-order valence-corrected chi connectivity index (χ0v) is 8.74. The number of nitrogens with zero attached hydrogens (tertiary/aromatic N) is 2. The van der Waals surface area contributed by atoms with Crippen LogP contribution >= 0.6 is 0 Å². The number of hydrogen-bond acceptors (Lipinski definition) is 3. The third kappa shape index (κ3) is 4.63. The topological polar surface area (TPSA) is 47.3 Å². The van der Waals surface area contributed by atoms with Crippen molar-refractivity contribution in [3.63, 3.8) is 0 Å². The highest BCUT2D eigenvalue weighted by atomic mass is 19.4. The molecule has 1 aromatic heterocycles. The fourth-order valence-electron chi connectivity index (χ4n) is 1.16. The largest absolute Gasteiger partial charge is 0.411 e. The molecule has 1 N–H and O–H groups in total. The van der Waals surface area contributed by atoms with Crippen LogP contribution in [0.15, 0.2) is 12.4 Å². The Kier molecular flexibility index (Phi) is 4.31. The van der Waals surface area contributed by atoms with E-state index in [-0.39, 0.29) is 13.0 Å². The van der Waals surface area contributed by atoms with Gasteiger partial charge in [-0.1, -0.05) is 0 Å². The molecule has 0 amide bonds. The van der Waals surface area contributed by atoms with Crippen molar-refractivity contribution in [3.05, 3.63) is 18.0 Å². The predicted molar refractivity (Wildman–Crippen MR) is 49.7 cm³/mol. The van der Waals surface area contributed by atoms with Crippen LogP contribution in [0.3, 0.4) is 0 Å². The molecular formula is C9H13F3N2O2. The first-order valence-corrected chi connectivity index (χ1v) is 4.69. The van der Waals surface area contributed by atoms with E-state index < -0.39 is 18.9 Å². The molecule has 92 valence electrons. The quantitative estimate of drug-likeness (QED) is 0.789. The fraction of sp³-hybridized carbons (Fsp3) is 0.667. The number of halogens is 3. The van der Waals surface area contributed by atoms with Gasteiger partial charge < -0.3 is 9.84 Å². The molecule has 16 heavy (non-hydrogen) atoms. The second kappa shape index (κ2) is 5.31. The number of aliphatic hydroxyl groups is 1. The van der Waals surface area contributed by atoms with E-state index in [1.165, 1.54) is 10.9 Å². The van der Waals surface area contributed by atoms with E-state index in [1.807, 2.05) is 0 Å². The molecule has 0 aliphatic rings. The van der Waals surface area contributed by atoms with Gasteiger partial charge in [-0.2, -0.15) is 18.3 Å². The van der Waals surface area contributed by atoms with Gasteiger partial charge in [0.25, 0.3) is 0 Å². The summed E-state index contributed by atoms with van der Waals surface area (Å²) in [7, 11) is 1.69. The molecule has 7 heteroatoms. The second-order valence-electron chi connectivity index (χ2n) is 3.42. The van der Waals surface area contributed by atoms with Gasteiger partial charge in [-0.25, -0.2) is 0 Å². The summed E-state index contributed by atoms with van der Waals surface area (Å²) in [6, 6.07) is 0. The van der Waals surface area contributed by atoms with Crippen LogP contribution in [0.4, 0.5) is 13.2 Å². The minimum absolute atomic E-state index is 0.113. The Morgan fingerprint density at radius 1 is 1.56 bits per heavy atom. The van der Waals surface area contributed by atoms with E-state index in [0.717, 1.165) is 0 Å². The molecule has 1 heterocycles. The highest BCUT2D eigenvalue weighted by Crippen LogP contribution is 2.17. The Morgan fingerprint density at radius 2 is 2.25 bits per heavy atom.